The minimum Gasteiger partial charge on any atom is -0.402 e. The molecular weight excluding hydrogens is 421 g/mol. The lowest BCUT2D eigenvalue weighted by atomic mass is 10.1. The van der Waals surface area contributed by atoms with E-state index in [0.717, 1.165) is 5.69 Å². The summed E-state index contributed by atoms with van der Waals surface area (Å²) in [5.41, 5.74) is 9.94. The van der Waals surface area contributed by atoms with E-state index in [2.05, 4.69) is 9.97 Å². The lowest BCUT2D eigenvalue weighted by molar-refractivity contribution is -0.111. The van der Waals surface area contributed by atoms with Crippen molar-refractivity contribution in [1.29, 1.82) is 0 Å². The second-order valence-corrected chi connectivity index (χ2v) is 7.78. The Bertz CT molecular complexity index is 1410. The third kappa shape index (κ3) is 4.03. The second kappa shape index (κ2) is 8.74. The average molecular weight is 443 g/mol. The topological polar surface area (TPSA) is 104 Å². The fourth-order valence-electron chi connectivity index (χ4n) is 3.85. The Balaban J connectivity index is 1.99. The van der Waals surface area contributed by atoms with E-state index in [0.29, 0.717) is 45.5 Å². The Morgan fingerprint density at radius 3 is 2.58 bits per heavy atom. The number of pyridine rings is 1. The fraction of sp³-hybridized carbons (Fsp3) is 0.160. The van der Waals surface area contributed by atoms with Gasteiger partial charge in [0.2, 0.25) is 0 Å². The van der Waals surface area contributed by atoms with Gasteiger partial charge in [-0.2, -0.15) is 0 Å². The first-order valence-corrected chi connectivity index (χ1v) is 10.3. The summed E-state index contributed by atoms with van der Waals surface area (Å²) in [6, 6.07) is 9.79. The molecule has 33 heavy (non-hydrogen) atoms. The van der Waals surface area contributed by atoms with Gasteiger partial charge >= 0.3 is 0 Å². The Labute approximate surface area is 189 Å². The maximum absolute atomic E-state index is 14.4. The molecule has 0 aliphatic rings. The van der Waals surface area contributed by atoms with Crippen LogP contribution in [0.2, 0.25) is 0 Å². The van der Waals surface area contributed by atoms with Crippen molar-refractivity contribution < 1.29 is 14.0 Å². The van der Waals surface area contributed by atoms with E-state index >= 15 is 0 Å². The van der Waals surface area contributed by atoms with Gasteiger partial charge in [-0.25, -0.2) is 14.4 Å². The molecule has 8 heteroatoms. The van der Waals surface area contributed by atoms with Gasteiger partial charge in [-0.05, 0) is 50.6 Å². The second-order valence-electron chi connectivity index (χ2n) is 7.78. The first-order chi connectivity index (χ1) is 15.8. The minimum absolute atomic E-state index is 0.0210. The quantitative estimate of drug-likeness (QED) is 0.351. The zero-order chi connectivity index (χ0) is 23.7. The number of hydrogen-bond acceptors (Lipinski definition) is 6. The number of carbonyl (C=O) groups excluding carboxylic acids is 2. The molecule has 0 aliphatic carbocycles. The molecule has 4 rings (SSSR count). The summed E-state index contributed by atoms with van der Waals surface area (Å²) in [4.78, 5) is 37.0. The zero-order valence-electron chi connectivity index (χ0n) is 18.4. The van der Waals surface area contributed by atoms with Crippen LogP contribution in [0.3, 0.4) is 0 Å². The fourth-order valence-corrected chi connectivity index (χ4v) is 3.85. The summed E-state index contributed by atoms with van der Waals surface area (Å²) >= 11 is 0. The van der Waals surface area contributed by atoms with Crippen LogP contribution in [0.4, 0.5) is 4.39 Å². The minimum atomic E-state index is -0.619. The molecule has 0 aliphatic heterocycles. The van der Waals surface area contributed by atoms with Gasteiger partial charge in [-0.1, -0.05) is 12.1 Å². The van der Waals surface area contributed by atoms with Gasteiger partial charge in [-0.3, -0.25) is 14.6 Å². The average Bonchev–Trinajstić information content (AvgIpc) is 3.17. The molecule has 0 radical (unpaired) electrons. The van der Waals surface area contributed by atoms with E-state index < -0.39 is 5.82 Å². The number of nitrogens with zero attached hydrogens (tertiary/aromatic N) is 4. The summed E-state index contributed by atoms with van der Waals surface area (Å²) in [6.45, 7) is 5.03. The molecule has 0 fully saturated rings. The smallest absolute Gasteiger partial charge is 0.163 e. The molecule has 166 valence electrons. The van der Waals surface area contributed by atoms with Crippen LogP contribution in [0, 0.1) is 5.82 Å². The first-order valence-electron chi connectivity index (χ1n) is 10.3. The van der Waals surface area contributed by atoms with Crippen LogP contribution < -0.4 is 5.73 Å². The molecule has 1 aromatic carbocycles. The number of fused-ring (bicyclic) bond motifs is 1. The van der Waals surface area contributed by atoms with Crippen molar-refractivity contribution in [3.8, 4) is 11.1 Å². The summed E-state index contributed by atoms with van der Waals surface area (Å²) in [7, 11) is 0. The van der Waals surface area contributed by atoms with Crippen molar-refractivity contribution in [3.63, 3.8) is 0 Å². The number of hydrogen-bond donors (Lipinski definition) is 1. The van der Waals surface area contributed by atoms with E-state index in [1.807, 2.05) is 35.9 Å². The predicted molar refractivity (Wildman–Crippen MR) is 124 cm³/mol. The third-order valence-corrected chi connectivity index (χ3v) is 5.50. The molecule has 2 N–H and O–H groups in total. The van der Waals surface area contributed by atoms with E-state index in [4.69, 9.17) is 10.7 Å². The summed E-state index contributed by atoms with van der Waals surface area (Å²) in [5.74, 6) is -0.836. The molecule has 0 saturated heterocycles. The lowest BCUT2D eigenvalue weighted by Gasteiger charge is -2.14. The van der Waals surface area contributed by atoms with Crippen molar-refractivity contribution in [1.82, 2.24) is 19.5 Å². The van der Waals surface area contributed by atoms with Crippen molar-refractivity contribution in [2.24, 2.45) is 5.73 Å². The molecule has 3 heterocycles. The van der Waals surface area contributed by atoms with Gasteiger partial charge in [-0.15, -0.1) is 0 Å². The van der Waals surface area contributed by atoms with Gasteiger partial charge in [0.05, 0.1) is 34.8 Å². The van der Waals surface area contributed by atoms with E-state index in [9.17, 15) is 14.0 Å². The number of ketones is 1. The number of carbonyl (C=O) groups is 2. The van der Waals surface area contributed by atoms with Crippen molar-refractivity contribution in [2.75, 3.05) is 0 Å². The maximum atomic E-state index is 14.4. The molecule has 0 bridgehead atoms. The summed E-state index contributed by atoms with van der Waals surface area (Å²) in [6.07, 6.45) is 5.50. The van der Waals surface area contributed by atoms with E-state index in [1.54, 1.807) is 19.2 Å². The third-order valence-electron chi connectivity index (χ3n) is 5.50. The molecule has 3 aromatic heterocycles. The molecule has 0 saturated carbocycles. The molecule has 0 unspecified atom stereocenters. The molecule has 4 aromatic rings. The monoisotopic (exact) mass is 443 g/mol. The number of nitrogens with two attached hydrogens (primary N) is 1. The highest BCUT2D eigenvalue weighted by molar-refractivity contribution is 6.19. The van der Waals surface area contributed by atoms with Crippen LogP contribution in [0.1, 0.15) is 48.6 Å². The number of rotatable bonds is 6. The number of Topliss-reactive ketones (excluding diaryl/α,β-unsaturated/α-hetero) is 1. The predicted octanol–water partition coefficient (Wildman–Crippen LogP) is 4.33. The highest BCUT2D eigenvalue weighted by atomic mass is 19.1. The van der Waals surface area contributed by atoms with Crippen LogP contribution in [-0.2, 0) is 4.79 Å². The van der Waals surface area contributed by atoms with Gasteiger partial charge in [0, 0.05) is 23.7 Å². The molecule has 1 atom stereocenters. The summed E-state index contributed by atoms with van der Waals surface area (Å²) < 4.78 is 16.3. The Hall–Kier alpha value is -4.20. The van der Waals surface area contributed by atoms with E-state index in [-0.39, 0.29) is 17.4 Å². The van der Waals surface area contributed by atoms with Crippen LogP contribution in [0.25, 0.3) is 27.9 Å². The van der Waals surface area contributed by atoms with Gasteiger partial charge in [0.25, 0.3) is 0 Å². The number of halogens is 1. The molecular formula is C25H22FN5O2. The van der Waals surface area contributed by atoms with Crippen molar-refractivity contribution in [3.05, 3.63) is 83.5 Å². The van der Waals surface area contributed by atoms with Gasteiger partial charge < -0.3 is 10.3 Å². The van der Waals surface area contributed by atoms with Crippen LogP contribution in [-0.4, -0.2) is 31.6 Å². The first kappa shape index (κ1) is 22.0. The highest BCUT2D eigenvalue weighted by Crippen LogP contribution is 2.33. The Kier molecular flexibility index (Phi) is 5.83. The standard InChI is InChI=1S/C25H22FN5O2/c1-14(27)23(16(3)33)22-11-29-24-19(17-7-8-18(13-32)20(26)10-17)12-31(25(24)30-22)15(2)21-6-4-5-9-28-21/h4-13,15H,27H2,1-3H3/t15-/m0/s1. The van der Waals surface area contributed by atoms with Gasteiger partial charge in [0.15, 0.2) is 17.7 Å². The van der Waals surface area contributed by atoms with E-state index in [1.165, 1.54) is 25.3 Å². The van der Waals surface area contributed by atoms with Gasteiger partial charge in [0.1, 0.15) is 11.3 Å². The number of aldehydes is 1. The molecule has 7 nitrogen and oxygen atoms in total. The maximum Gasteiger partial charge on any atom is 0.163 e. The SMILES string of the molecule is CC(=O)C(=C(C)N)c1cnc2c(-c3ccc(C=O)c(F)c3)cn([C@@H](C)c3ccccn3)c2n1. The van der Waals surface area contributed by atoms with Crippen molar-refractivity contribution in [2.45, 2.75) is 26.8 Å². The van der Waals surface area contributed by atoms with Crippen LogP contribution in [0.5, 0.6) is 0 Å². The van der Waals surface area contributed by atoms with Crippen LogP contribution >= 0.6 is 0 Å². The van der Waals surface area contributed by atoms with Crippen molar-refractivity contribution >= 4 is 28.8 Å². The molecule has 0 spiro atoms. The largest absolute Gasteiger partial charge is 0.402 e. The number of aromatic nitrogens is 4. The highest BCUT2D eigenvalue weighted by Gasteiger charge is 2.21. The van der Waals surface area contributed by atoms with Crippen LogP contribution in [0.15, 0.2) is 60.7 Å². The molecule has 0 amide bonds. The number of benzene rings is 1. The normalized spacial score (nSPS) is 13.0. The zero-order valence-corrected chi connectivity index (χ0v) is 18.4. The number of allylic oxidation sites excluding steroid dienone is 2. The lowest BCUT2D eigenvalue weighted by Crippen LogP contribution is -2.10. The Morgan fingerprint density at radius 2 is 1.97 bits per heavy atom. The Morgan fingerprint density at radius 1 is 1.18 bits per heavy atom. The summed E-state index contributed by atoms with van der Waals surface area (Å²) in [5, 5.41) is 0.